The van der Waals surface area contributed by atoms with Crippen molar-refractivity contribution in [1.29, 1.82) is 0 Å². The van der Waals surface area contributed by atoms with Gasteiger partial charge >= 0.3 is 0 Å². The summed E-state index contributed by atoms with van der Waals surface area (Å²) in [5.41, 5.74) is 1.17. The Morgan fingerprint density at radius 3 is 2.53 bits per heavy atom. The first-order chi connectivity index (χ1) is 9.11. The van der Waals surface area contributed by atoms with Crippen LogP contribution >= 0.6 is 0 Å². The minimum Gasteiger partial charge on any atom is -0.494 e. The molecule has 0 heterocycles. The van der Waals surface area contributed by atoms with E-state index in [2.05, 4.69) is 5.32 Å². The molecule has 19 heavy (non-hydrogen) atoms. The van der Waals surface area contributed by atoms with Crippen LogP contribution in [0.2, 0.25) is 0 Å². The third-order valence-electron chi connectivity index (χ3n) is 2.91. The van der Waals surface area contributed by atoms with E-state index in [4.69, 9.17) is 4.74 Å². The fourth-order valence-corrected chi connectivity index (χ4v) is 1.92. The molecule has 0 saturated carbocycles. The van der Waals surface area contributed by atoms with E-state index in [9.17, 15) is 8.78 Å². The molecule has 2 aromatic rings. The van der Waals surface area contributed by atoms with Gasteiger partial charge in [-0.15, -0.1) is 0 Å². The predicted molar refractivity (Wildman–Crippen MR) is 71.4 cm³/mol. The molecular formula is C15H15F2NO. The highest BCUT2D eigenvalue weighted by Crippen LogP contribution is 2.29. The Morgan fingerprint density at radius 1 is 1.11 bits per heavy atom. The number of halogens is 2. The molecule has 0 bridgehead atoms. The Hall–Kier alpha value is -2.10. The van der Waals surface area contributed by atoms with Crippen molar-refractivity contribution in [2.75, 3.05) is 12.4 Å². The lowest BCUT2D eigenvalue weighted by molar-refractivity contribution is 0.412. The van der Waals surface area contributed by atoms with Crippen molar-refractivity contribution in [2.24, 2.45) is 0 Å². The maximum absolute atomic E-state index is 13.7. The minimum atomic E-state index is -0.374. The highest BCUT2D eigenvalue weighted by atomic mass is 19.1. The number of benzene rings is 2. The zero-order chi connectivity index (χ0) is 13.8. The summed E-state index contributed by atoms with van der Waals surface area (Å²) < 4.78 is 31.8. The van der Waals surface area contributed by atoms with Crippen LogP contribution in [0.1, 0.15) is 18.5 Å². The monoisotopic (exact) mass is 263 g/mol. The van der Waals surface area contributed by atoms with Gasteiger partial charge in [0, 0.05) is 11.6 Å². The zero-order valence-electron chi connectivity index (χ0n) is 10.8. The molecule has 0 aromatic heterocycles. The van der Waals surface area contributed by atoms with E-state index in [1.54, 1.807) is 24.3 Å². The molecule has 1 N–H and O–H groups in total. The van der Waals surface area contributed by atoms with Crippen molar-refractivity contribution in [3.63, 3.8) is 0 Å². The quantitative estimate of drug-likeness (QED) is 0.894. The third-order valence-corrected chi connectivity index (χ3v) is 2.91. The Labute approximate surface area is 111 Å². The van der Waals surface area contributed by atoms with Crippen molar-refractivity contribution < 1.29 is 13.5 Å². The number of hydrogen-bond donors (Lipinski definition) is 1. The molecule has 2 rings (SSSR count). The Balaban J connectivity index is 2.24. The van der Waals surface area contributed by atoms with Crippen LogP contribution in [0.25, 0.3) is 0 Å². The first-order valence-electron chi connectivity index (χ1n) is 5.96. The van der Waals surface area contributed by atoms with Crippen LogP contribution in [0.4, 0.5) is 14.5 Å². The second-order valence-electron chi connectivity index (χ2n) is 4.23. The first kappa shape index (κ1) is 13.3. The van der Waals surface area contributed by atoms with E-state index in [-0.39, 0.29) is 17.7 Å². The van der Waals surface area contributed by atoms with Crippen molar-refractivity contribution in [3.05, 3.63) is 59.7 Å². The fourth-order valence-electron chi connectivity index (χ4n) is 1.92. The van der Waals surface area contributed by atoms with Crippen molar-refractivity contribution >= 4 is 5.69 Å². The van der Waals surface area contributed by atoms with Gasteiger partial charge in [0.15, 0.2) is 0 Å². The molecule has 0 radical (unpaired) electrons. The van der Waals surface area contributed by atoms with Crippen molar-refractivity contribution in [2.45, 2.75) is 13.0 Å². The van der Waals surface area contributed by atoms with E-state index in [0.717, 1.165) is 0 Å². The lowest BCUT2D eigenvalue weighted by Crippen LogP contribution is -2.09. The van der Waals surface area contributed by atoms with Crippen LogP contribution in [0.5, 0.6) is 5.75 Å². The summed E-state index contributed by atoms with van der Waals surface area (Å²) in [5.74, 6) is -0.257. The summed E-state index contributed by atoms with van der Waals surface area (Å²) in [6.45, 7) is 1.83. The summed E-state index contributed by atoms with van der Waals surface area (Å²) in [7, 11) is 1.47. The van der Waals surface area contributed by atoms with Crippen LogP contribution in [0, 0.1) is 11.6 Å². The van der Waals surface area contributed by atoms with E-state index >= 15 is 0 Å². The van der Waals surface area contributed by atoms with Gasteiger partial charge in [-0.05, 0) is 25.1 Å². The number of nitrogens with one attached hydrogen (secondary N) is 1. The maximum Gasteiger partial charge on any atom is 0.144 e. The SMILES string of the molecule is COc1cc(F)ccc1NC(C)c1ccccc1F. The van der Waals surface area contributed by atoms with Gasteiger partial charge in [-0.25, -0.2) is 8.78 Å². The van der Waals surface area contributed by atoms with E-state index in [1.165, 1.54) is 25.3 Å². The standard InChI is InChI=1S/C15H15F2NO/c1-10(12-5-3-4-6-13(12)17)18-14-8-7-11(16)9-15(14)19-2/h3-10,18H,1-2H3. The largest absolute Gasteiger partial charge is 0.494 e. The van der Waals surface area contributed by atoms with Crippen molar-refractivity contribution in [1.82, 2.24) is 0 Å². The van der Waals surface area contributed by atoms with Gasteiger partial charge in [0.1, 0.15) is 17.4 Å². The minimum absolute atomic E-state index is 0.249. The fraction of sp³-hybridized carbons (Fsp3) is 0.200. The third kappa shape index (κ3) is 3.02. The van der Waals surface area contributed by atoms with Gasteiger partial charge in [0.25, 0.3) is 0 Å². The van der Waals surface area contributed by atoms with Crippen LogP contribution in [-0.2, 0) is 0 Å². The van der Waals surface area contributed by atoms with Gasteiger partial charge in [0.2, 0.25) is 0 Å². The molecule has 1 atom stereocenters. The predicted octanol–water partition coefficient (Wildman–Crippen LogP) is 4.15. The van der Waals surface area contributed by atoms with Crippen LogP contribution in [0.15, 0.2) is 42.5 Å². The van der Waals surface area contributed by atoms with Gasteiger partial charge in [-0.1, -0.05) is 18.2 Å². The molecule has 1 unspecified atom stereocenters. The second-order valence-corrected chi connectivity index (χ2v) is 4.23. The zero-order valence-corrected chi connectivity index (χ0v) is 10.8. The summed E-state index contributed by atoms with van der Waals surface area (Å²) in [5, 5.41) is 3.11. The van der Waals surface area contributed by atoms with Crippen molar-refractivity contribution in [3.8, 4) is 5.75 Å². The van der Waals surface area contributed by atoms with Gasteiger partial charge < -0.3 is 10.1 Å². The number of ether oxygens (including phenoxy) is 1. The Bertz CT molecular complexity index is 572. The van der Waals surface area contributed by atoms with Gasteiger partial charge in [-0.2, -0.15) is 0 Å². The van der Waals surface area contributed by atoms with E-state index in [0.29, 0.717) is 17.0 Å². The summed E-state index contributed by atoms with van der Waals surface area (Å²) >= 11 is 0. The molecule has 2 aromatic carbocycles. The summed E-state index contributed by atoms with van der Waals surface area (Å²) in [4.78, 5) is 0. The van der Waals surface area contributed by atoms with E-state index < -0.39 is 0 Å². The van der Waals surface area contributed by atoms with Crippen LogP contribution in [-0.4, -0.2) is 7.11 Å². The molecular weight excluding hydrogens is 248 g/mol. The Kier molecular flexibility index (Phi) is 4.00. The van der Waals surface area contributed by atoms with Crippen LogP contribution in [0.3, 0.4) is 0 Å². The molecule has 0 spiro atoms. The van der Waals surface area contributed by atoms with Gasteiger partial charge in [0.05, 0.1) is 18.8 Å². The molecule has 100 valence electrons. The first-order valence-corrected chi connectivity index (χ1v) is 5.96. The molecule has 4 heteroatoms. The topological polar surface area (TPSA) is 21.3 Å². The summed E-state index contributed by atoms with van der Waals surface area (Å²) in [6.07, 6.45) is 0. The second kappa shape index (κ2) is 5.69. The molecule has 0 saturated heterocycles. The maximum atomic E-state index is 13.7. The average molecular weight is 263 g/mol. The molecule has 0 aliphatic carbocycles. The smallest absolute Gasteiger partial charge is 0.144 e. The number of hydrogen-bond acceptors (Lipinski definition) is 2. The normalized spacial score (nSPS) is 12.0. The van der Waals surface area contributed by atoms with E-state index in [1.807, 2.05) is 6.92 Å². The lowest BCUT2D eigenvalue weighted by Gasteiger charge is -2.18. The molecule has 0 aliphatic rings. The highest BCUT2D eigenvalue weighted by molar-refractivity contribution is 5.57. The lowest BCUT2D eigenvalue weighted by atomic mass is 10.1. The molecule has 0 amide bonds. The number of anilines is 1. The highest BCUT2D eigenvalue weighted by Gasteiger charge is 2.12. The molecule has 0 aliphatic heterocycles. The average Bonchev–Trinajstić information content (AvgIpc) is 2.41. The number of methoxy groups -OCH3 is 1. The molecule has 2 nitrogen and oxygen atoms in total. The molecule has 0 fully saturated rings. The van der Waals surface area contributed by atoms with Gasteiger partial charge in [-0.3, -0.25) is 0 Å². The summed E-state index contributed by atoms with van der Waals surface area (Å²) in [6, 6.07) is 10.5. The Morgan fingerprint density at radius 2 is 1.84 bits per heavy atom. The van der Waals surface area contributed by atoms with Crippen LogP contribution < -0.4 is 10.1 Å². The number of rotatable bonds is 4.